The molecule has 9 nitrogen and oxygen atoms in total. The zero-order chi connectivity index (χ0) is 32.9. The van der Waals surface area contributed by atoms with E-state index in [2.05, 4.69) is 33.4 Å². The van der Waals surface area contributed by atoms with Crippen LogP contribution >= 0.6 is 0 Å². The molecule has 1 N–H and O–H groups in total. The highest BCUT2D eigenvalue weighted by molar-refractivity contribution is 7.92. The van der Waals surface area contributed by atoms with Crippen LogP contribution in [0.5, 0.6) is 5.88 Å². The highest BCUT2D eigenvalue weighted by atomic mass is 32.2. The van der Waals surface area contributed by atoms with Crippen molar-refractivity contribution in [3.05, 3.63) is 65.2 Å². The monoisotopic (exact) mass is 657 g/mol. The van der Waals surface area contributed by atoms with Crippen LogP contribution in [0.15, 0.2) is 53.4 Å². The van der Waals surface area contributed by atoms with Gasteiger partial charge in [-0.05, 0) is 113 Å². The molecule has 1 saturated heterocycles. The quantitative estimate of drug-likeness (QED) is 0.329. The van der Waals surface area contributed by atoms with Crippen molar-refractivity contribution in [2.75, 3.05) is 24.4 Å². The number of anilines is 1. The SMILES string of the molecule is Cc1cccc(C)c1-c1cc2nc(n1)NS(=O)(=O)c1cccc(c1)C(=O)N(C1CC3(CCN(C4CCC4)CC3)C1)[C@H](CC(C)C)CO2. The lowest BCUT2D eigenvalue weighted by Crippen LogP contribution is -2.60. The lowest BCUT2D eigenvalue weighted by atomic mass is 9.59. The summed E-state index contributed by atoms with van der Waals surface area (Å²) < 4.78 is 36.4. The fourth-order valence-corrected chi connectivity index (χ4v) is 9.28. The van der Waals surface area contributed by atoms with Crippen LogP contribution in [-0.2, 0) is 10.0 Å². The number of fused-ring (bicyclic) bond motifs is 4. The number of sulfonamides is 1. The van der Waals surface area contributed by atoms with E-state index in [-0.39, 0.29) is 46.7 Å². The van der Waals surface area contributed by atoms with E-state index in [1.54, 1.807) is 18.2 Å². The molecule has 3 heterocycles. The number of piperidine rings is 1. The normalized spacial score (nSPS) is 23.1. The third-order valence-electron chi connectivity index (χ3n) is 11.0. The second-order valence-corrected chi connectivity index (χ2v) is 16.5. The molecule has 0 unspecified atom stereocenters. The minimum absolute atomic E-state index is 0.0000499. The molecule has 7 rings (SSSR count). The Bertz CT molecular complexity index is 1740. The number of nitrogens with one attached hydrogen (secondary N) is 1. The number of likely N-dealkylation sites (tertiary alicyclic amines) is 1. The Morgan fingerprint density at radius 3 is 2.34 bits per heavy atom. The molecule has 0 radical (unpaired) electrons. The number of nitrogens with zero attached hydrogens (tertiary/aromatic N) is 4. The van der Waals surface area contributed by atoms with E-state index >= 15 is 0 Å². The average molecular weight is 658 g/mol. The van der Waals surface area contributed by atoms with Crippen LogP contribution in [0.4, 0.5) is 5.95 Å². The second-order valence-electron chi connectivity index (χ2n) is 14.8. The Kier molecular flexibility index (Phi) is 8.53. The van der Waals surface area contributed by atoms with E-state index in [1.165, 1.54) is 44.2 Å². The number of amides is 1. The van der Waals surface area contributed by atoms with Crippen molar-refractivity contribution in [3.8, 4) is 17.1 Å². The average Bonchev–Trinajstić information content (AvgIpc) is 2.98. The van der Waals surface area contributed by atoms with E-state index in [4.69, 9.17) is 4.74 Å². The van der Waals surface area contributed by atoms with E-state index in [9.17, 15) is 13.2 Å². The second kappa shape index (κ2) is 12.5. The summed E-state index contributed by atoms with van der Waals surface area (Å²) in [6.07, 6.45) is 9.07. The number of aryl methyl sites for hydroxylation is 2. The zero-order valence-corrected chi connectivity index (χ0v) is 28.9. The fraction of sp³-hybridized carbons (Fsp3) is 0.541. The zero-order valence-electron chi connectivity index (χ0n) is 28.0. The van der Waals surface area contributed by atoms with Gasteiger partial charge in [0.05, 0.1) is 16.6 Å². The van der Waals surface area contributed by atoms with Gasteiger partial charge in [-0.1, -0.05) is 44.5 Å². The van der Waals surface area contributed by atoms with E-state index in [1.807, 2.05) is 36.9 Å². The lowest BCUT2D eigenvalue weighted by Gasteiger charge is -2.57. The van der Waals surface area contributed by atoms with Gasteiger partial charge in [0.25, 0.3) is 15.9 Å². The van der Waals surface area contributed by atoms with Crippen LogP contribution in [0.1, 0.15) is 86.7 Å². The molecule has 2 aliphatic heterocycles. The number of rotatable bonds is 5. The van der Waals surface area contributed by atoms with Gasteiger partial charge in [0, 0.05) is 29.3 Å². The molecule has 3 aromatic rings. The van der Waals surface area contributed by atoms with Gasteiger partial charge in [-0.3, -0.25) is 4.79 Å². The van der Waals surface area contributed by atoms with Gasteiger partial charge in [-0.25, -0.2) is 18.1 Å². The van der Waals surface area contributed by atoms with Gasteiger partial charge in [0.15, 0.2) is 0 Å². The number of carbonyl (C=O) groups excluding carboxylic acids is 1. The topological polar surface area (TPSA) is 105 Å². The van der Waals surface area contributed by atoms with Gasteiger partial charge in [-0.15, -0.1) is 0 Å². The first-order valence-corrected chi connectivity index (χ1v) is 18.8. The summed E-state index contributed by atoms with van der Waals surface area (Å²) in [7, 11) is -4.10. The Balaban J connectivity index is 1.25. The van der Waals surface area contributed by atoms with Crippen LogP contribution < -0.4 is 9.46 Å². The highest BCUT2D eigenvalue weighted by Gasteiger charge is 2.51. The summed E-state index contributed by atoms with van der Waals surface area (Å²) in [6, 6.07) is 14.8. The molecule has 1 spiro atoms. The van der Waals surface area contributed by atoms with Crippen LogP contribution in [0.3, 0.4) is 0 Å². The number of carbonyl (C=O) groups is 1. The smallest absolute Gasteiger partial charge is 0.264 e. The minimum atomic E-state index is -4.10. The first-order valence-electron chi connectivity index (χ1n) is 17.3. The number of hydrogen-bond acceptors (Lipinski definition) is 7. The highest BCUT2D eigenvalue weighted by Crippen LogP contribution is 2.52. The molecule has 2 saturated carbocycles. The number of hydrogen-bond donors (Lipinski definition) is 1. The Morgan fingerprint density at radius 1 is 0.979 bits per heavy atom. The first kappa shape index (κ1) is 32.1. The van der Waals surface area contributed by atoms with Gasteiger partial charge in [0.1, 0.15) is 6.61 Å². The van der Waals surface area contributed by atoms with E-state index in [0.717, 1.165) is 55.1 Å². The molecule has 47 heavy (non-hydrogen) atoms. The Hall–Kier alpha value is -3.50. The number of ether oxygens (including phenoxy) is 1. The molecule has 2 aliphatic carbocycles. The minimum Gasteiger partial charge on any atom is -0.475 e. The van der Waals surface area contributed by atoms with Crippen molar-refractivity contribution in [1.29, 1.82) is 0 Å². The molecule has 1 amide bonds. The number of aromatic nitrogens is 2. The molecular weight excluding hydrogens is 611 g/mol. The summed E-state index contributed by atoms with van der Waals surface area (Å²) in [5.74, 6) is 0.378. The van der Waals surface area contributed by atoms with E-state index in [0.29, 0.717) is 17.2 Å². The van der Waals surface area contributed by atoms with Crippen molar-refractivity contribution >= 4 is 21.9 Å². The van der Waals surface area contributed by atoms with Crippen LogP contribution in [-0.4, -0.2) is 71.9 Å². The fourth-order valence-electron chi connectivity index (χ4n) is 8.29. The van der Waals surface area contributed by atoms with Gasteiger partial charge >= 0.3 is 0 Å². The molecule has 1 aromatic heterocycles. The standard InChI is InChI=1S/C37H47N5O4S/c1-24(2)18-29-23-46-33-20-32(34-25(3)8-5-9-26(34)4)38-36(39-33)40-47(44,45)31-13-6-10-27(19-31)35(43)42(29)30-21-37(22-30)14-16-41(17-15-37)28-11-7-12-28/h5-6,8-10,13,19-20,24,28-30H,7,11-12,14-18,21-23H2,1-4H3,(H,38,39,40)/t29-/m1/s1. The van der Waals surface area contributed by atoms with Crippen molar-refractivity contribution in [2.24, 2.45) is 11.3 Å². The predicted molar refractivity (Wildman–Crippen MR) is 183 cm³/mol. The predicted octanol–water partition coefficient (Wildman–Crippen LogP) is 6.61. The molecule has 4 bridgehead atoms. The summed E-state index contributed by atoms with van der Waals surface area (Å²) in [5.41, 5.74) is 4.15. The third-order valence-corrected chi connectivity index (χ3v) is 12.4. The van der Waals surface area contributed by atoms with Crippen molar-refractivity contribution in [1.82, 2.24) is 19.8 Å². The maximum Gasteiger partial charge on any atom is 0.264 e. The molecule has 1 atom stereocenters. The van der Waals surface area contributed by atoms with Crippen LogP contribution in [0, 0.1) is 25.2 Å². The van der Waals surface area contributed by atoms with Gasteiger partial charge < -0.3 is 14.5 Å². The Labute approximate surface area is 279 Å². The largest absolute Gasteiger partial charge is 0.475 e. The van der Waals surface area contributed by atoms with Crippen LogP contribution in [0.25, 0.3) is 11.3 Å². The van der Waals surface area contributed by atoms with Crippen molar-refractivity contribution < 1.29 is 17.9 Å². The van der Waals surface area contributed by atoms with Gasteiger partial charge in [-0.2, -0.15) is 4.98 Å². The Morgan fingerprint density at radius 2 is 1.68 bits per heavy atom. The molecular formula is C37H47N5O4S. The summed E-state index contributed by atoms with van der Waals surface area (Å²) in [6.45, 7) is 10.9. The summed E-state index contributed by atoms with van der Waals surface area (Å²) in [4.78, 5) is 28.4. The molecule has 4 aliphatic rings. The maximum absolute atomic E-state index is 14.5. The van der Waals surface area contributed by atoms with E-state index < -0.39 is 10.0 Å². The van der Waals surface area contributed by atoms with Gasteiger partial charge in [0.2, 0.25) is 11.8 Å². The molecule has 250 valence electrons. The van der Waals surface area contributed by atoms with Crippen molar-refractivity contribution in [2.45, 2.75) is 102 Å². The maximum atomic E-state index is 14.5. The number of benzene rings is 2. The van der Waals surface area contributed by atoms with Crippen molar-refractivity contribution in [3.63, 3.8) is 0 Å². The lowest BCUT2D eigenvalue weighted by molar-refractivity contribution is -0.0629. The molecule has 3 fully saturated rings. The first-order chi connectivity index (χ1) is 22.5. The third kappa shape index (κ3) is 6.38. The summed E-state index contributed by atoms with van der Waals surface area (Å²) >= 11 is 0. The summed E-state index contributed by atoms with van der Waals surface area (Å²) in [5, 5.41) is 0. The van der Waals surface area contributed by atoms with Crippen LogP contribution in [0.2, 0.25) is 0 Å². The molecule has 2 aromatic carbocycles. The molecule has 10 heteroatoms.